The van der Waals surface area contributed by atoms with Crippen molar-refractivity contribution in [3.05, 3.63) is 12.2 Å². The maximum Gasteiger partial charge on any atom is 0.305 e. The van der Waals surface area contributed by atoms with Gasteiger partial charge in [-0.05, 0) is 32.1 Å². The van der Waals surface area contributed by atoms with Crippen molar-refractivity contribution < 1.29 is 49.3 Å². The number of allylic oxidation sites excluding steroid dienone is 1. The van der Waals surface area contributed by atoms with E-state index in [0.29, 0.717) is 19.4 Å². The quantitative estimate of drug-likeness (QED) is 0.0195. The van der Waals surface area contributed by atoms with Crippen molar-refractivity contribution in [3.63, 3.8) is 0 Å². The number of carbonyl (C=O) groups is 2. The van der Waals surface area contributed by atoms with Gasteiger partial charge >= 0.3 is 5.97 Å². The number of unbranched alkanes of at least 4 members (excludes halogenated alkanes) is 49. The Morgan fingerprint density at radius 1 is 0.444 bits per heavy atom. The summed E-state index contributed by atoms with van der Waals surface area (Å²) in [5, 5.41) is 54.3. The van der Waals surface area contributed by atoms with Gasteiger partial charge in [-0.3, -0.25) is 9.59 Å². The molecule has 0 aromatic heterocycles. The molecule has 1 fully saturated rings. The SMILES string of the molecule is CCCCCCCCC/C=C/C(O)C(COC1OC(CO)C(O)C(O)C1O)NC(=O)CCCCCCCCCCCCCCCCCCCCCCCCCCCCCCCOC(=O)CCCCCCCCCCCCCCCCC. The van der Waals surface area contributed by atoms with Gasteiger partial charge in [0.25, 0.3) is 0 Å². The van der Waals surface area contributed by atoms with Crippen LogP contribution in [0.25, 0.3) is 0 Å². The van der Waals surface area contributed by atoms with E-state index in [-0.39, 0.29) is 18.5 Å². The third-order valence-electron chi connectivity index (χ3n) is 17.2. The number of aliphatic hydroxyl groups excluding tert-OH is 5. The number of carbonyl (C=O) groups excluding carboxylic acids is 2. The molecule has 7 unspecified atom stereocenters. The van der Waals surface area contributed by atoms with Crippen LogP contribution in [0.5, 0.6) is 0 Å². The molecule has 0 saturated carbocycles. The van der Waals surface area contributed by atoms with Gasteiger partial charge in [-0.1, -0.05) is 328 Å². The highest BCUT2D eigenvalue weighted by Crippen LogP contribution is 2.23. The normalized spacial score (nSPS) is 18.2. The van der Waals surface area contributed by atoms with Crippen molar-refractivity contribution in [2.24, 2.45) is 0 Å². The van der Waals surface area contributed by atoms with Crippen LogP contribution < -0.4 is 5.32 Å². The highest BCUT2D eigenvalue weighted by Gasteiger charge is 2.44. The van der Waals surface area contributed by atoms with Crippen molar-refractivity contribution in [1.82, 2.24) is 5.32 Å². The van der Waals surface area contributed by atoms with E-state index in [1.54, 1.807) is 6.08 Å². The van der Waals surface area contributed by atoms with Crippen LogP contribution >= 0.6 is 0 Å². The van der Waals surface area contributed by atoms with Gasteiger partial charge in [-0.2, -0.15) is 0 Å². The Labute approximate surface area is 499 Å². The van der Waals surface area contributed by atoms with E-state index in [4.69, 9.17) is 14.2 Å². The molecule has 11 heteroatoms. The zero-order valence-corrected chi connectivity index (χ0v) is 53.3. The van der Waals surface area contributed by atoms with E-state index in [0.717, 1.165) is 51.4 Å². The Bertz CT molecular complexity index is 1350. The average molecular weight is 1150 g/mol. The van der Waals surface area contributed by atoms with Gasteiger partial charge in [0.05, 0.1) is 32.0 Å². The minimum Gasteiger partial charge on any atom is -0.466 e. The first-order valence-electron chi connectivity index (χ1n) is 35.5. The van der Waals surface area contributed by atoms with E-state index >= 15 is 0 Å². The molecule has 7 atom stereocenters. The van der Waals surface area contributed by atoms with Crippen molar-refractivity contribution in [2.45, 2.75) is 403 Å². The van der Waals surface area contributed by atoms with Gasteiger partial charge in [-0.25, -0.2) is 0 Å². The summed E-state index contributed by atoms with van der Waals surface area (Å²) in [6, 6.07) is -0.805. The predicted molar refractivity (Wildman–Crippen MR) is 338 cm³/mol. The van der Waals surface area contributed by atoms with Crippen LogP contribution in [0.1, 0.15) is 361 Å². The van der Waals surface area contributed by atoms with Crippen LogP contribution in [0.4, 0.5) is 0 Å². The summed E-state index contributed by atoms with van der Waals surface area (Å²) in [7, 11) is 0. The van der Waals surface area contributed by atoms with Crippen LogP contribution in [0.2, 0.25) is 0 Å². The van der Waals surface area contributed by atoms with Gasteiger partial charge in [0.2, 0.25) is 5.91 Å². The minimum absolute atomic E-state index is 0.0145. The smallest absolute Gasteiger partial charge is 0.305 e. The molecule has 1 saturated heterocycles. The zero-order valence-electron chi connectivity index (χ0n) is 53.3. The van der Waals surface area contributed by atoms with Gasteiger partial charge < -0.3 is 45.1 Å². The van der Waals surface area contributed by atoms with Gasteiger partial charge in [0.15, 0.2) is 6.29 Å². The second-order valence-electron chi connectivity index (χ2n) is 25.0. The Morgan fingerprint density at radius 2 is 0.778 bits per heavy atom. The predicted octanol–water partition coefficient (Wildman–Crippen LogP) is 17.9. The molecule has 6 N–H and O–H groups in total. The molecule has 1 aliphatic heterocycles. The molecule has 480 valence electrons. The van der Waals surface area contributed by atoms with Crippen LogP contribution in [-0.2, 0) is 23.8 Å². The number of esters is 1. The number of hydrogen-bond donors (Lipinski definition) is 6. The maximum atomic E-state index is 13.0. The van der Waals surface area contributed by atoms with Crippen molar-refractivity contribution in [3.8, 4) is 0 Å². The van der Waals surface area contributed by atoms with Crippen LogP contribution in [0.3, 0.4) is 0 Å². The fourth-order valence-electron chi connectivity index (χ4n) is 11.6. The third kappa shape index (κ3) is 49.2. The fraction of sp³-hybridized carbons (Fsp3) is 0.943. The first kappa shape index (κ1) is 77.4. The molecule has 0 aromatic carbocycles. The lowest BCUT2D eigenvalue weighted by Crippen LogP contribution is -2.60. The number of rotatable bonds is 63. The van der Waals surface area contributed by atoms with Crippen molar-refractivity contribution in [1.29, 1.82) is 0 Å². The van der Waals surface area contributed by atoms with Crippen LogP contribution in [0, 0.1) is 0 Å². The maximum absolute atomic E-state index is 13.0. The molecule has 0 spiro atoms. The molecule has 0 aromatic rings. The highest BCUT2D eigenvalue weighted by atomic mass is 16.7. The lowest BCUT2D eigenvalue weighted by atomic mass is 9.99. The highest BCUT2D eigenvalue weighted by molar-refractivity contribution is 5.76. The number of hydrogen-bond acceptors (Lipinski definition) is 10. The largest absolute Gasteiger partial charge is 0.466 e. The Hall–Kier alpha value is -1.60. The Morgan fingerprint density at radius 3 is 1.15 bits per heavy atom. The van der Waals surface area contributed by atoms with E-state index in [9.17, 15) is 35.1 Å². The second-order valence-corrected chi connectivity index (χ2v) is 25.0. The molecule has 1 aliphatic rings. The summed E-state index contributed by atoms with van der Waals surface area (Å²) in [5.41, 5.74) is 0. The monoisotopic (exact) mass is 1150 g/mol. The van der Waals surface area contributed by atoms with Crippen molar-refractivity contribution in [2.75, 3.05) is 19.8 Å². The lowest BCUT2D eigenvalue weighted by molar-refractivity contribution is -0.302. The number of amides is 1. The molecule has 11 nitrogen and oxygen atoms in total. The van der Waals surface area contributed by atoms with Gasteiger partial charge in [0.1, 0.15) is 24.4 Å². The third-order valence-corrected chi connectivity index (χ3v) is 17.2. The molecular weight excluding hydrogens is 1010 g/mol. The standard InChI is InChI=1S/C70H135NO10/c1-3-5-7-9-11-13-14-15-31-35-38-42-46-50-54-58-66(75)79-59-55-51-47-43-39-36-33-30-28-26-24-22-20-18-16-17-19-21-23-25-27-29-32-34-37-41-45-49-53-57-65(74)71-62(63(73)56-52-48-44-40-12-10-8-6-4-2)61-80-70-69(78)68(77)67(76)64(60-72)81-70/h52,56,62-64,67-70,72-73,76-78H,3-51,53-55,57-61H2,1-2H3,(H,71,74)/b56-52+. The summed E-state index contributed by atoms with van der Waals surface area (Å²) in [6.45, 7) is 4.36. The van der Waals surface area contributed by atoms with E-state index in [1.165, 1.54) is 283 Å². The number of aliphatic hydroxyl groups is 5. The summed E-state index contributed by atoms with van der Waals surface area (Å²) < 4.78 is 16.7. The number of ether oxygens (including phenoxy) is 3. The van der Waals surface area contributed by atoms with Crippen LogP contribution in [-0.4, -0.2) is 100 Å². The average Bonchev–Trinajstić information content (AvgIpc) is 3.47. The molecule has 0 bridgehead atoms. The Balaban J connectivity index is 1.89. The molecule has 1 rings (SSSR count). The molecule has 0 aliphatic carbocycles. The van der Waals surface area contributed by atoms with Crippen LogP contribution in [0.15, 0.2) is 12.2 Å². The summed E-state index contributed by atoms with van der Waals surface area (Å²) in [5.74, 6) is -0.164. The molecule has 81 heavy (non-hydrogen) atoms. The Kier molecular flexibility index (Phi) is 57.4. The lowest BCUT2D eigenvalue weighted by Gasteiger charge is -2.40. The molecule has 1 heterocycles. The number of nitrogens with one attached hydrogen (secondary N) is 1. The summed E-state index contributed by atoms with van der Waals surface area (Å²) in [4.78, 5) is 25.1. The zero-order chi connectivity index (χ0) is 58.7. The summed E-state index contributed by atoms with van der Waals surface area (Å²) in [6.07, 6.45) is 63.7. The minimum atomic E-state index is -1.57. The van der Waals surface area contributed by atoms with E-state index in [1.807, 2.05) is 6.08 Å². The van der Waals surface area contributed by atoms with E-state index < -0.39 is 49.5 Å². The topological polar surface area (TPSA) is 175 Å². The fourth-order valence-corrected chi connectivity index (χ4v) is 11.6. The first-order chi connectivity index (χ1) is 39.7. The summed E-state index contributed by atoms with van der Waals surface area (Å²) >= 11 is 0. The van der Waals surface area contributed by atoms with Gasteiger partial charge in [-0.15, -0.1) is 0 Å². The second kappa shape index (κ2) is 60.1. The first-order valence-corrected chi connectivity index (χ1v) is 35.5. The molecular formula is C70H135NO10. The molecule has 1 amide bonds. The van der Waals surface area contributed by atoms with E-state index in [2.05, 4.69) is 19.2 Å². The van der Waals surface area contributed by atoms with Crippen molar-refractivity contribution >= 4 is 11.9 Å². The molecule has 0 radical (unpaired) electrons. The van der Waals surface area contributed by atoms with Gasteiger partial charge in [0, 0.05) is 12.8 Å².